The number of aryl methyl sites for hydroxylation is 1. The molecule has 0 spiro atoms. The molecule has 1 aromatic carbocycles. The van der Waals surface area contributed by atoms with Crippen molar-refractivity contribution < 1.29 is 4.79 Å². The van der Waals surface area contributed by atoms with Crippen molar-refractivity contribution in [3.05, 3.63) is 53.4 Å². The van der Waals surface area contributed by atoms with Gasteiger partial charge in [-0.2, -0.15) is 5.10 Å². The van der Waals surface area contributed by atoms with Gasteiger partial charge in [-0.1, -0.05) is 18.2 Å². The Balaban J connectivity index is 1.79. The first kappa shape index (κ1) is 15.5. The summed E-state index contributed by atoms with van der Waals surface area (Å²) in [5.74, 6) is 0.768. The summed E-state index contributed by atoms with van der Waals surface area (Å²) in [6, 6.07) is 10.0. The lowest BCUT2D eigenvalue weighted by atomic mass is 10.1. The SMILES string of the molecule is Cc1nn(-c2ccccc2)c(C)c1/C=C/C(=O)N(C)CC1CC1. The molecular formula is C19H23N3O. The number of hydrogen-bond acceptors (Lipinski definition) is 2. The van der Waals surface area contributed by atoms with E-state index in [1.165, 1.54) is 12.8 Å². The summed E-state index contributed by atoms with van der Waals surface area (Å²) in [4.78, 5) is 14.0. The molecule has 4 heteroatoms. The van der Waals surface area contributed by atoms with Gasteiger partial charge in [-0.15, -0.1) is 0 Å². The Bertz CT molecular complexity index is 727. The van der Waals surface area contributed by atoms with Crippen molar-refractivity contribution in [1.29, 1.82) is 0 Å². The third-order valence-electron chi connectivity index (χ3n) is 4.35. The lowest BCUT2D eigenvalue weighted by Crippen LogP contribution is -2.26. The number of para-hydroxylation sites is 1. The summed E-state index contributed by atoms with van der Waals surface area (Å²) in [6.45, 7) is 4.87. The molecule has 0 aliphatic heterocycles. The minimum absolute atomic E-state index is 0.0585. The third-order valence-corrected chi connectivity index (χ3v) is 4.35. The van der Waals surface area contributed by atoms with Crippen LogP contribution in [0.1, 0.15) is 29.8 Å². The molecule has 1 fully saturated rings. The van der Waals surface area contributed by atoms with Gasteiger partial charge in [0.15, 0.2) is 0 Å². The maximum atomic E-state index is 12.2. The molecule has 1 aliphatic carbocycles. The largest absolute Gasteiger partial charge is 0.342 e. The molecule has 1 saturated carbocycles. The predicted molar refractivity (Wildman–Crippen MR) is 92.4 cm³/mol. The molecule has 120 valence electrons. The molecule has 23 heavy (non-hydrogen) atoms. The van der Waals surface area contributed by atoms with E-state index in [2.05, 4.69) is 5.10 Å². The zero-order chi connectivity index (χ0) is 16.4. The Hall–Kier alpha value is -2.36. The second-order valence-electron chi connectivity index (χ2n) is 6.33. The van der Waals surface area contributed by atoms with Gasteiger partial charge >= 0.3 is 0 Å². The summed E-state index contributed by atoms with van der Waals surface area (Å²) >= 11 is 0. The van der Waals surface area contributed by atoms with Crippen LogP contribution in [0.25, 0.3) is 11.8 Å². The van der Waals surface area contributed by atoms with Gasteiger partial charge in [0.1, 0.15) is 0 Å². The van der Waals surface area contributed by atoms with E-state index in [4.69, 9.17) is 0 Å². The molecule has 3 rings (SSSR count). The summed E-state index contributed by atoms with van der Waals surface area (Å²) in [7, 11) is 1.87. The number of amides is 1. The van der Waals surface area contributed by atoms with Crippen molar-refractivity contribution in [3.63, 3.8) is 0 Å². The van der Waals surface area contributed by atoms with Crippen LogP contribution in [0.3, 0.4) is 0 Å². The van der Waals surface area contributed by atoms with Gasteiger partial charge in [0.05, 0.1) is 11.4 Å². The van der Waals surface area contributed by atoms with Crippen LogP contribution >= 0.6 is 0 Å². The topological polar surface area (TPSA) is 38.1 Å². The number of carbonyl (C=O) groups is 1. The highest BCUT2D eigenvalue weighted by Gasteiger charge is 2.24. The Morgan fingerprint density at radius 3 is 2.65 bits per heavy atom. The number of hydrogen-bond donors (Lipinski definition) is 0. The average Bonchev–Trinajstić information content (AvgIpc) is 3.32. The maximum Gasteiger partial charge on any atom is 0.246 e. The van der Waals surface area contributed by atoms with Gasteiger partial charge in [-0.25, -0.2) is 4.68 Å². The van der Waals surface area contributed by atoms with Crippen LogP contribution in [0.2, 0.25) is 0 Å². The van der Waals surface area contributed by atoms with Crippen molar-refractivity contribution in [2.75, 3.05) is 13.6 Å². The molecule has 4 nitrogen and oxygen atoms in total. The minimum Gasteiger partial charge on any atom is -0.342 e. The first-order valence-corrected chi connectivity index (χ1v) is 8.11. The van der Waals surface area contributed by atoms with E-state index >= 15 is 0 Å². The van der Waals surface area contributed by atoms with E-state index in [1.807, 2.05) is 62.0 Å². The third kappa shape index (κ3) is 3.52. The van der Waals surface area contributed by atoms with E-state index in [-0.39, 0.29) is 5.91 Å². The van der Waals surface area contributed by atoms with Crippen molar-refractivity contribution in [3.8, 4) is 5.69 Å². The monoisotopic (exact) mass is 309 g/mol. The highest BCUT2D eigenvalue weighted by molar-refractivity contribution is 5.92. The Morgan fingerprint density at radius 2 is 2.00 bits per heavy atom. The molecule has 0 saturated heterocycles. The fraction of sp³-hybridized carbons (Fsp3) is 0.368. The van der Waals surface area contributed by atoms with E-state index in [0.29, 0.717) is 5.92 Å². The molecular weight excluding hydrogens is 286 g/mol. The summed E-state index contributed by atoms with van der Waals surface area (Å²) in [5, 5.41) is 4.60. The maximum absolute atomic E-state index is 12.2. The number of likely N-dealkylation sites (N-methyl/N-ethyl adjacent to an activating group) is 1. The molecule has 0 bridgehead atoms. The smallest absolute Gasteiger partial charge is 0.246 e. The first-order chi connectivity index (χ1) is 11.1. The predicted octanol–water partition coefficient (Wildman–Crippen LogP) is 3.37. The molecule has 1 aliphatic rings. The molecule has 1 heterocycles. The van der Waals surface area contributed by atoms with Crippen molar-refractivity contribution >= 4 is 12.0 Å². The Kier molecular flexibility index (Phi) is 4.33. The molecule has 0 unspecified atom stereocenters. The molecule has 1 aromatic heterocycles. The standard InChI is InChI=1S/C19H23N3O/c1-14-18(11-12-19(23)21(3)13-16-9-10-16)15(2)22(20-14)17-7-5-4-6-8-17/h4-8,11-12,16H,9-10,13H2,1-3H3/b12-11+. The second-order valence-corrected chi connectivity index (χ2v) is 6.33. The van der Waals surface area contributed by atoms with Gasteiger partial charge in [0.2, 0.25) is 5.91 Å². The lowest BCUT2D eigenvalue weighted by Gasteiger charge is -2.13. The van der Waals surface area contributed by atoms with Gasteiger partial charge in [-0.05, 0) is 50.8 Å². The number of aromatic nitrogens is 2. The van der Waals surface area contributed by atoms with Crippen LogP contribution in [0.4, 0.5) is 0 Å². The zero-order valence-corrected chi connectivity index (χ0v) is 14.0. The average molecular weight is 309 g/mol. The van der Waals surface area contributed by atoms with Gasteiger partial charge in [0.25, 0.3) is 0 Å². The van der Waals surface area contributed by atoms with Crippen LogP contribution in [-0.2, 0) is 4.79 Å². The molecule has 0 atom stereocenters. The summed E-state index contributed by atoms with van der Waals surface area (Å²) in [6.07, 6.45) is 6.06. The van der Waals surface area contributed by atoms with E-state index in [1.54, 1.807) is 11.0 Å². The van der Waals surface area contributed by atoms with Crippen LogP contribution in [0.5, 0.6) is 0 Å². The molecule has 1 amide bonds. The van der Waals surface area contributed by atoms with Crippen molar-refractivity contribution in [1.82, 2.24) is 14.7 Å². The zero-order valence-electron chi connectivity index (χ0n) is 14.0. The molecule has 0 N–H and O–H groups in total. The van der Waals surface area contributed by atoms with E-state index in [9.17, 15) is 4.79 Å². The molecule has 2 aromatic rings. The van der Waals surface area contributed by atoms with Gasteiger partial charge < -0.3 is 4.90 Å². The molecule has 0 radical (unpaired) electrons. The van der Waals surface area contributed by atoms with Gasteiger partial charge in [-0.3, -0.25) is 4.79 Å². The number of carbonyl (C=O) groups excluding carboxylic acids is 1. The van der Waals surface area contributed by atoms with Crippen molar-refractivity contribution in [2.24, 2.45) is 5.92 Å². The Morgan fingerprint density at radius 1 is 1.30 bits per heavy atom. The van der Waals surface area contributed by atoms with E-state index < -0.39 is 0 Å². The minimum atomic E-state index is 0.0585. The van der Waals surface area contributed by atoms with Crippen LogP contribution in [0, 0.1) is 19.8 Å². The second kappa shape index (κ2) is 6.41. The quantitative estimate of drug-likeness (QED) is 0.794. The van der Waals surface area contributed by atoms with Crippen LogP contribution < -0.4 is 0 Å². The Labute approximate surface area is 137 Å². The van der Waals surface area contributed by atoms with Gasteiger partial charge in [0, 0.05) is 30.9 Å². The summed E-state index contributed by atoms with van der Waals surface area (Å²) < 4.78 is 1.92. The van der Waals surface area contributed by atoms with Crippen LogP contribution in [0.15, 0.2) is 36.4 Å². The van der Waals surface area contributed by atoms with E-state index in [0.717, 1.165) is 29.2 Å². The lowest BCUT2D eigenvalue weighted by molar-refractivity contribution is -0.124. The highest BCUT2D eigenvalue weighted by Crippen LogP contribution is 2.29. The fourth-order valence-electron chi connectivity index (χ4n) is 2.78. The summed E-state index contributed by atoms with van der Waals surface area (Å²) in [5.41, 5.74) is 4.02. The fourth-order valence-corrected chi connectivity index (χ4v) is 2.78. The number of rotatable bonds is 5. The number of benzene rings is 1. The number of nitrogens with zero attached hydrogens (tertiary/aromatic N) is 3. The normalized spacial score (nSPS) is 14.4. The van der Waals surface area contributed by atoms with Crippen LogP contribution in [-0.4, -0.2) is 34.2 Å². The first-order valence-electron chi connectivity index (χ1n) is 8.11. The van der Waals surface area contributed by atoms with Crippen molar-refractivity contribution in [2.45, 2.75) is 26.7 Å². The highest BCUT2D eigenvalue weighted by atomic mass is 16.2.